The number of esters is 1. The fourth-order valence-corrected chi connectivity index (χ4v) is 2.49. The van der Waals surface area contributed by atoms with E-state index < -0.39 is 0 Å². The van der Waals surface area contributed by atoms with Gasteiger partial charge >= 0.3 is 5.97 Å². The number of carbonyl (C=O) groups is 1. The second-order valence-corrected chi connectivity index (χ2v) is 5.71. The highest BCUT2D eigenvalue weighted by atomic mass is 19.1. The first-order valence-corrected chi connectivity index (χ1v) is 8.49. The fraction of sp³-hybridized carbons (Fsp3) is 0.300. The van der Waals surface area contributed by atoms with Crippen LogP contribution in [0.5, 0.6) is 0 Å². The van der Waals surface area contributed by atoms with E-state index in [0.29, 0.717) is 36.6 Å². The molecule has 0 radical (unpaired) electrons. The molecular formula is C20H24FN3O2. The highest BCUT2D eigenvalue weighted by Crippen LogP contribution is 2.07. The summed E-state index contributed by atoms with van der Waals surface area (Å²) in [6.07, 6.45) is 1.37. The Hall–Kier alpha value is -2.89. The van der Waals surface area contributed by atoms with Gasteiger partial charge in [0.25, 0.3) is 0 Å². The van der Waals surface area contributed by atoms with Crippen LogP contribution >= 0.6 is 0 Å². The predicted octanol–water partition coefficient (Wildman–Crippen LogP) is 2.56. The summed E-state index contributed by atoms with van der Waals surface area (Å²) in [5.41, 5.74) is 2.32. The van der Waals surface area contributed by atoms with Crippen molar-refractivity contribution in [1.82, 2.24) is 10.6 Å². The number of rotatable bonds is 7. The maximum atomic E-state index is 13.6. The Morgan fingerprint density at radius 3 is 2.31 bits per heavy atom. The minimum atomic E-state index is -0.339. The van der Waals surface area contributed by atoms with Crippen LogP contribution in [0.25, 0.3) is 0 Å². The summed E-state index contributed by atoms with van der Waals surface area (Å²) in [6.45, 7) is 1.28. The normalized spacial score (nSPS) is 11.1. The Bertz CT molecular complexity index is 745. The van der Waals surface area contributed by atoms with E-state index in [1.165, 1.54) is 13.2 Å². The molecule has 0 aliphatic carbocycles. The van der Waals surface area contributed by atoms with E-state index in [1.54, 1.807) is 31.3 Å². The molecule has 0 amide bonds. The molecule has 0 aromatic heterocycles. The molecular weight excluding hydrogens is 333 g/mol. The number of guanidine groups is 1. The van der Waals surface area contributed by atoms with Crippen molar-refractivity contribution in [2.75, 3.05) is 27.2 Å². The standard InChI is InChI=1S/C20H24FN3O2/c1-22-20(24-14-12-16-5-3-4-6-18(16)21)23-13-11-15-7-9-17(10-8-15)19(25)26-2/h3-10H,11-14H2,1-2H3,(H2,22,23,24). The lowest BCUT2D eigenvalue weighted by Gasteiger charge is -2.12. The summed E-state index contributed by atoms with van der Waals surface area (Å²) in [6, 6.07) is 14.1. The van der Waals surface area contributed by atoms with Crippen molar-refractivity contribution in [2.45, 2.75) is 12.8 Å². The lowest BCUT2D eigenvalue weighted by atomic mass is 10.1. The Balaban J connectivity index is 1.73. The average molecular weight is 357 g/mol. The molecule has 0 saturated heterocycles. The first-order chi connectivity index (χ1) is 12.6. The number of benzene rings is 2. The summed E-state index contributed by atoms with van der Waals surface area (Å²) in [5.74, 6) is 0.147. The molecule has 0 aliphatic rings. The van der Waals surface area contributed by atoms with Gasteiger partial charge in [-0.05, 0) is 42.2 Å². The van der Waals surface area contributed by atoms with Gasteiger partial charge in [0.2, 0.25) is 0 Å². The molecule has 0 saturated carbocycles. The second-order valence-electron chi connectivity index (χ2n) is 5.71. The maximum absolute atomic E-state index is 13.6. The number of nitrogens with zero attached hydrogens (tertiary/aromatic N) is 1. The topological polar surface area (TPSA) is 62.7 Å². The van der Waals surface area contributed by atoms with Gasteiger partial charge in [0.15, 0.2) is 5.96 Å². The van der Waals surface area contributed by atoms with Crippen LogP contribution in [0.4, 0.5) is 4.39 Å². The summed E-state index contributed by atoms with van der Waals surface area (Å²) >= 11 is 0. The van der Waals surface area contributed by atoms with Gasteiger partial charge in [0.05, 0.1) is 12.7 Å². The Morgan fingerprint density at radius 2 is 1.69 bits per heavy atom. The molecule has 5 nitrogen and oxygen atoms in total. The van der Waals surface area contributed by atoms with Crippen LogP contribution in [0.2, 0.25) is 0 Å². The molecule has 2 aromatic carbocycles. The molecule has 0 unspecified atom stereocenters. The Morgan fingerprint density at radius 1 is 1.04 bits per heavy atom. The molecule has 0 atom stereocenters. The smallest absolute Gasteiger partial charge is 0.337 e. The molecule has 0 bridgehead atoms. The molecule has 0 aliphatic heterocycles. The van der Waals surface area contributed by atoms with E-state index in [1.807, 2.05) is 18.2 Å². The average Bonchev–Trinajstić information content (AvgIpc) is 2.68. The van der Waals surface area contributed by atoms with Crippen LogP contribution < -0.4 is 10.6 Å². The van der Waals surface area contributed by atoms with Gasteiger partial charge in [0.1, 0.15) is 5.82 Å². The van der Waals surface area contributed by atoms with Gasteiger partial charge in [0, 0.05) is 20.1 Å². The van der Waals surface area contributed by atoms with Crippen molar-refractivity contribution in [3.05, 3.63) is 71.0 Å². The molecule has 2 rings (SSSR count). The molecule has 0 spiro atoms. The molecule has 2 aromatic rings. The van der Waals surface area contributed by atoms with Crippen LogP contribution in [-0.4, -0.2) is 39.2 Å². The first kappa shape index (κ1) is 19.4. The highest BCUT2D eigenvalue weighted by Gasteiger charge is 2.05. The van der Waals surface area contributed by atoms with Gasteiger partial charge in [-0.15, -0.1) is 0 Å². The summed E-state index contributed by atoms with van der Waals surface area (Å²) in [4.78, 5) is 15.6. The zero-order chi connectivity index (χ0) is 18.8. The van der Waals surface area contributed by atoms with E-state index in [0.717, 1.165) is 12.0 Å². The first-order valence-electron chi connectivity index (χ1n) is 8.49. The number of nitrogens with one attached hydrogen (secondary N) is 2. The van der Waals surface area contributed by atoms with Gasteiger partial charge in [-0.2, -0.15) is 0 Å². The lowest BCUT2D eigenvalue weighted by Crippen LogP contribution is -2.39. The molecule has 26 heavy (non-hydrogen) atoms. The number of halogens is 1. The van der Waals surface area contributed by atoms with Crippen molar-refractivity contribution in [1.29, 1.82) is 0 Å². The number of ether oxygens (including phenoxy) is 1. The van der Waals surface area contributed by atoms with Gasteiger partial charge in [-0.3, -0.25) is 4.99 Å². The van der Waals surface area contributed by atoms with Crippen molar-refractivity contribution < 1.29 is 13.9 Å². The molecule has 0 fully saturated rings. The zero-order valence-corrected chi connectivity index (χ0v) is 15.1. The Labute approximate surface area is 153 Å². The van der Waals surface area contributed by atoms with E-state index in [-0.39, 0.29) is 11.8 Å². The van der Waals surface area contributed by atoms with E-state index in [9.17, 15) is 9.18 Å². The van der Waals surface area contributed by atoms with Crippen LogP contribution in [0, 0.1) is 5.82 Å². The largest absolute Gasteiger partial charge is 0.465 e. The maximum Gasteiger partial charge on any atom is 0.337 e. The quantitative estimate of drug-likeness (QED) is 0.454. The SMILES string of the molecule is CN=C(NCCc1ccc(C(=O)OC)cc1)NCCc1ccccc1F. The summed E-state index contributed by atoms with van der Waals surface area (Å²) in [7, 11) is 3.06. The van der Waals surface area contributed by atoms with Crippen molar-refractivity contribution >= 4 is 11.9 Å². The van der Waals surface area contributed by atoms with Crippen molar-refractivity contribution in [3.8, 4) is 0 Å². The van der Waals surface area contributed by atoms with Gasteiger partial charge in [-0.1, -0.05) is 30.3 Å². The third-order valence-electron chi connectivity index (χ3n) is 3.95. The minimum absolute atomic E-state index is 0.187. The monoisotopic (exact) mass is 357 g/mol. The zero-order valence-electron chi connectivity index (χ0n) is 15.1. The Kier molecular flexibility index (Phi) is 7.61. The molecule has 138 valence electrons. The van der Waals surface area contributed by atoms with E-state index >= 15 is 0 Å². The van der Waals surface area contributed by atoms with Gasteiger partial charge in [-0.25, -0.2) is 9.18 Å². The number of hydrogen-bond acceptors (Lipinski definition) is 3. The number of carbonyl (C=O) groups excluding carboxylic acids is 1. The highest BCUT2D eigenvalue weighted by molar-refractivity contribution is 5.89. The molecule has 6 heteroatoms. The predicted molar refractivity (Wildman–Crippen MR) is 101 cm³/mol. The lowest BCUT2D eigenvalue weighted by molar-refractivity contribution is 0.0600. The van der Waals surface area contributed by atoms with Crippen molar-refractivity contribution in [2.24, 2.45) is 4.99 Å². The van der Waals surface area contributed by atoms with Gasteiger partial charge < -0.3 is 15.4 Å². The number of methoxy groups -OCH3 is 1. The third kappa shape index (κ3) is 5.88. The number of aliphatic imine (C=N–C) groups is 1. The summed E-state index contributed by atoms with van der Waals surface area (Å²) in [5, 5.41) is 6.39. The summed E-state index contributed by atoms with van der Waals surface area (Å²) < 4.78 is 18.3. The fourth-order valence-electron chi connectivity index (χ4n) is 2.49. The second kappa shape index (κ2) is 10.2. The van der Waals surface area contributed by atoms with Crippen LogP contribution in [0.1, 0.15) is 21.5 Å². The third-order valence-corrected chi connectivity index (χ3v) is 3.95. The van der Waals surface area contributed by atoms with Crippen LogP contribution in [0.3, 0.4) is 0 Å². The van der Waals surface area contributed by atoms with Crippen LogP contribution in [0.15, 0.2) is 53.5 Å². The minimum Gasteiger partial charge on any atom is -0.465 e. The van der Waals surface area contributed by atoms with E-state index in [2.05, 4.69) is 20.4 Å². The van der Waals surface area contributed by atoms with E-state index in [4.69, 9.17) is 0 Å². The van der Waals surface area contributed by atoms with Crippen LogP contribution in [-0.2, 0) is 17.6 Å². The molecule has 0 heterocycles. The molecule has 2 N–H and O–H groups in total. The number of hydrogen-bond donors (Lipinski definition) is 2. The van der Waals surface area contributed by atoms with Crippen molar-refractivity contribution in [3.63, 3.8) is 0 Å².